The van der Waals surface area contributed by atoms with Gasteiger partial charge < -0.3 is 14.9 Å². The molecule has 0 saturated carbocycles. The van der Waals surface area contributed by atoms with Gasteiger partial charge in [-0.1, -0.05) is 26.7 Å². The Morgan fingerprint density at radius 1 is 0.737 bits per heavy atom. The van der Waals surface area contributed by atoms with Crippen LogP contribution in [0.15, 0.2) is 59.8 Å². The molecule has 5 nitrogen and oxygen atoms in total. The van der Waals surface area contributed by atoms with Crippen LogP contribution in [-0.2, 0) is 13.1 Å². The number of nitriles is 2. The number of thiophene rings is 2. The molecular weight excluding hydrogens is 507 g/mol. The first kappa shape index (κ1) is 27.3. The van der Waals surface area contributed by atoms with E-state index in [2.05, 4.69) is 71.5 Å². The van der Waals surface area contributed by atoms with Crippen LogP contribution in [0.3, 0.4) is 0 Å². The van der Waals surface area contributed by atoms with Crippen LogP contribution >= 0.6 is 22.7 Å². The third-order valence-corrected chi connectivity index (χ3v) is 8.84. The fourth-order valence-corrected chi connectivity index (χ4v) is 6.61. The number of nitrogens with two attached hydrogens (primary N) is 1. The Balaban J connectivity index is 1.66. The molecule has 0 unspecified atom stereocenters. The summed E-state index contributed by atoms with van der Waals surface area (Å²) in [5.74, 6) is 0. The summed E-state index contributed by atoms with van der Waals surface area (Å²) in [7, 11) is 0. The number of rotatable bonds is 11. The topological polar surface area (TPSA) is 83.5 Å². The van der Waals surface area contributed by atoms with E-state index in [0.717, 1.165) is 55.9 Å². The van der Waals surface area contributed by atoms with Crippen LogP contribution in [0.2, 0.25) is 0 Å². The summed E-state index contributed by atoms with van der Waals surface area (Å²) in [5.41, 5.74) is 11.1. The van der Waals surface area contributed by atoms with Crippen LogP contribution in [-0.4, -0.2) is 9.13 Å². The molecule has 0 radical (unpaired) electrons. The molecular formula is C31H33N5S2. The quantitative estimate of drug-likeness (QED) is 0.193. The number of hydrogen-bond acceptors (Lipinski definition) is 5. The van der Waals surface area contributed by atoms with Crippen molar-refractivity contribution in [1.82, 2.24) is 9.13 Å². The van der Waals surface area contributed by atoms with Gasteiger partial charge in [0, 0.05) is 39.8 Å². The molecule has 4 aromatic rings. The zero-order valence-corrected chi connectivity index (χ0v) is 23.8. The Bertz CT molecular complexity index is 1420. The Hall–Kier alpha value is -3.78. The lowest BCUT2D eigenvalue weighted by Crippen LogP contribution is -2.03. The number of hydrogen-bond donors (Lipinski definition) is 1. The minimum absolute atomic E-state index is 0.218. The lowest BCUT2D eigenvalue weighted by Gasteiger charge is -2.10. The second kappa shape index (κ2) is 12.6. The van der Waals surface area contributed by atoms with Gasteiger partial charge in [-0.25, -0.2) is 0 Å². The summed E-state index contributed by atoms with van der Waals surface area (Å²) in [5, 5.41) is 18.4. The van der Waals surface area contributed by atoms with E-state index in [1.807, 2.05) is 25.1 Å². The summed E-state index contributed by atoms with van der Waals surface area (Å²) >= 11 is 3.59. The van der Waals surface area contributed by atoms with E-state index < -0.39 is 0 Å². The highest BCUT2D eigenvalue weighted by molar-refractivity contribution is 7.25. The molecule has 0 amide bonds. The van der Waals surface area contributed by atoms with Gasteiger partial charge in [0.05, 0.1) is 27.2 Å². The molecule has 0 aliphatic carbocycles. The molecule has 0 aromatic carbocycles. The van der Waals surface area contributed by atoms with Gasteiger partial charge >= 0.3 is 0 Å². The van der Waals surface area contributed by atoms with E-state index in [9.17, 15) is 5.26 Å². The molecule has 0 saturated heterocycles. The van der Waals surface area contributed by atoms with E-state index in [-0.39, 0.29) is 5.70 Å². The molecule has 0 bridgehead atoms. The van der Waals surface area contributed by atoms with Crippen molar-refractivity contribution in [3.8, 4) is 43.0 Å². The predicted octanol–water partition coefficient (Wildman–Crippen LogP) is 8.76. The highest BCUT2D eigenvalue weighted by atomic mass is 32.1. The molecule has 0 spiro atoms. The molecule has 0 fully saturated rings. The zero-order chi connectivity index (χ0) is 27.1. The van der Waals surface area contributed by atoms with Crippen molar-refractivity contribution in [2.24, 2.45) is 5.73 Å². The highest BCUT2D eigenvalue weighted by Gasteiger charge is 2.15. The molecule has 38 heavy (non-hydrogen) atoms. The average molecular weight is 540 g/mol. The molecule has 194 valence electrons. The second-order valence-corrected chi connectivity index (χ2v) is 11.4. The van der Waals surface area contributed by atoms with Gasteiger partial charge in [-0.3, -0.25) is 0 Å². The number of allylic oxidation sites excluding steroid dienone is 2. The van der Waals surface area contributed by atoms with Crippen molar-refractivity contribution >= 4 is 34.8 Å². The van der Waals surface area contributed by atoms with Gasteiger partial charge in [0.2, 0.25) is 0 Å². The molecule has 0 aliphatic rings. The first-order valence-corrected chi connectivity index (χ1v) is 14.7. The Labute approximate surface area is 233 Å². The number of aromatic nitrogens is 2. The Kier molecular flexibility index (Phi) is 9.07. The van der Waals surface area contributed by atoms with Crippen LogP contribution in [0.1, 0.15) is 57.8 Å². The molecule has 0 aliphatic heterocycles. The highest BCUT2D eigenvalue weighted by Crippen LogP contribution is 2.41. The fraction of sp³-hybridized carbons (Fsp3) is 0.290. The van der Waals surface area contributed by atoms with Crippen molar-refractivity contribution in [2.75, 3.05) is 0 Å². The predicted molar refractivity (Wildman–Crippen MR) is 161 cm³/mol. The smallest absolute Gasteiger partial charge is 0.117 e. The minimum Gasteiger partial charge on any atom is -0.390 e. The van der Waals surface area contributed by atoms with Gasteiger partial charge in [0.25, 0.3) is 0 Å². The Morgan fingerprint density at radius 2 is 1.21 bits per heavy atom. The van der Waals surface area contributed by atoms with E-state index in [1.165, 1.54) is 25.2 Å². The zero-order valence-electron chi connectivity index (χ0n) is 22.2. The van der Waals surface area contributed by atoms with E-state index in [4.69, 9.17) is 11.0 Å². The summed E-state index contributed by atoms with van der Waals surface area (Å²) in [4.78, 5) is 4.91. The molecule has 2 N–H and O–H groups in total. The van der Waals surface area contributed by atoms with E-state index in [1.54, 1.807) is 28.7 Å². The molecule has 0 atom stereocenters. The molecule has 4 rings (SSSR count). The standard InChI is InChI=1S/C31H33N5S2/c1-4-6-16-35-24(18-22(3)20-32)8-10-26(35)28-12-14-30(37-28)31-15-13-29(38-31)27-11-9-25(19-23(34)21-33)36(27)17-7-5-2/h8-15,18-19H,4-7,16-17,34H2,1-3H3/b22-18-,23-19+. The normalized spacial score (nSPS) is 12.0. The van der Waals surface area contributed by atoms with Crippen LogP contribution in [0, 0.1) is 22.7 Å². The summed E-state index contributed by atoms with van der Waals surface area (Å²) in [6.45, 7) is 8.05. The van der Waals surface area contributed by atoms with Crippen molar-refractivity contribution in [2.45, 2.75) is 59.5 Å². The minimum atomic E-state index is 0.218. The summed E-state index contributed by atoms with van der Waals surface area (Å²) in [6.07, 6.45) is 8.09. The van der Waals surface area contributed by atoms with Crippen LogP contribution in [0.4, 0.5) is 0 Å². The monoisotopic (exact) mass is 539 g/mol. The van der Waals surface area contributed by atoms with E-state index in [0.29, 0.717) is 5.57 Å². The maximum atomic E-state index is 9.26. The first-order valence-electron chi connectivity index (χ1n) is 13.0. The van der Waals surface area contributed by atoms with Gasteiger partial charge in [-0.15, -0.1) is 22.7 Å². The second-order valence-electron chi connectivity index (χ2n) is 9.28. The average Bonchev–Trinajstić information content (AvgIpc) is 3.72. The number of nitrogens with zero attached hydrogens (tertiary/aromatic N) is 4. The first-order chi connectivity index (χ1) is 18.5. The summed E-state index contributed by atoms with van der Waals surface area (Å²) < 4.78 is 4.60. The largest absolute Gasteiger partial charge is 0.390 e. The van der Waals surface area contributed by atoms with Gasteiger partial charge in [0.1, 0.15) is 11.8 Å². The Morgan fingerprint density at radius 3 is 1.66 bits per heavy atom. The fourth-order valence-electron chi connectivity index (χ4n) is 4.44. The van der Waals surface area contributed by atoms with Crippen molar-refractivity contribution < 1.29 is 0 Å². The van der Waals surface area contributed by atoms with Gasteiger partial charge in [-0.05, 0) is 80.4 Å². The van der Waals surface area contributed by atoms with Gasteiger partial charge in [-0.2, -0.15) is 10.5 Å². The third kappa shape index (κ3) is 6.02. The molecule has 4 aromatic heterocycles. The SMILES string of the molecule is CCCCn1c(/C=C(/C)C#N)ccc1-c1ccc(-c2ccc(-c3ccc(/C=C(/N)C#N)n3CCCC)s2)s1. The molecule has 7 heteroatoms. The maximum Gasteiger partial charge on any atom is 0.117 e. The van der Waals surface area contributed by atoms with Crippen LogP contribution in [0.5, 0.6) is 0 Å². The van der Waals surface area contributed by atoms with Crippen LogP contribution in [0.25, 0.3) is 43.0 Å². The lowest BCUT2D eigenvalue weighted by molar-refractivity contribution is 0.636. The molecule has 4 heterocycles. The lowest BCUT2D eigenvalue weighted by atomic mass is 10.2. The maximum absolute atomic E-state index is 9.26. The van der Waals surface area contributed by atoms with Crippen molar-refractivity contribution in [3.05, 3.63) is 71.2 Å². The van der Waals surface area contributed by atoms with Crippen LogP contribution < -0.4 is 5.73 Å². The van der Waals surface area contributed by atoms with Crippen molar-refractivity contribution in [1.29, 1.82) is 10.5 Å². The third-order valence-electron chi connectivity index (χ3n) is 6.43. The number of unbranched alkanes of at least 4 members (excludes halogenated alkanes) is 2. The van der Waals surface area contributed by atoms with E-state index >= 15 is 0 Å². The van der Waals surface area contributed by atoms with Gasteiger partial charge in [0.15, 0.2) is 0 Å². The van der Waals surface area contributed by atoms with Crippen molar-refractivity contribution in [3.63, 3.8) is 0 Å². The summed E-state index contributed by atoms with van der Waals surface area (Å²) in [6, 6.07) is 21.5.